The molecule has 7 heteroatoms. The summed E-state index contributed by atoms with van der Waals surface area (Å²) in [4.78, 5) is 22.3. The van der Waals surface area contributed by atoms with Crippen molar-refractivity contribution in [1.82, 2.24) is 5.32 Å². The number of carbonyl (C=O) groups is 2. The van der Waals surface area contributed by atoms with Crippen LogP contribution in [0.1, 0.15) is 30.1 Å². The number of anilines is 1. The zero-order valence-electron chi connectivity index (χ0n) is 11.8. The summed E-state index contributed by atoms with van der Waals surface area (Å²) < 4.78 is 18.7. The maximum atomic E-state index is 13.5. The van der Waals surface area contributed by atoms with Gasteiger partial charge in [0.05, 0.1) is 11.3 Å². The molecule has 0 atom stereocenters. The lowest BCUT2D eigenvalue weighted by atomic mass is 10.2. The highest BCUT2D eigenvalue weighted by Crippen LogP contribution is 2.16. The zero-order chi connectivity index (χ0) is 15.7. The average molecular weight is 298 g/mol. The normalized spacial score (nSPS) is 10.2. The van der Waals surface area contributed by atoms with E-state index in [1.165, 1.54) is 0 Å². The van der Waals surface area contributed by atoms with Gasteiger partial charge < -0.3 is 20.5 Å². The molecule has 0 aliphatic carbocycles. The van der Waals surface area contributed by atoms with Crippen LogP contribution in [0.25, 0.3) is 0 Å². The van der Waals surface area contributed by atoms with Crippen LogP contribution in [0, 0.1) is 5.82 Å². The Morgan fingerprint density at radius 1 is 1.33 bits per heavy atom. The number of hydrogen-bond donors (Lipinski definition) is 3. The molecule has 0 saturated heterocycles. The first-order chi connectivity index (χ1) is 10.0. The van der Waals surface area contributed by atoms with Crippen molar-refractivity contribution in [1.29, 1.82) is 0 Å². The van der Waals surface area contributed by atoms with E-state index in [0.717, 1.165) is 24.6 Å². The molecule has 2 amide bonds. The highest BCUT2D eigenvalue weighted by molar-refractivity contribution is 5.93. The number of hydrogen-bond acceptors (Lipinski definition) is 3. The third kappa shape index (κ3) is 6.22. The van der Waals surface area contributed by atoms with Gasteiger partial charge in [-0.25, -0.2) is 14.0 Å². The minimum absolute atomic E-state index is 0.0975. The molecule has 0 aromatic heterocycles. The SMILES string of the molecule is CCCOCCCNC(=O)Nc1cc(C(=O)O)ccc1F. The van der Waals surface area contributed by atoms with Crippen molar-refractivity contribution in [2.24, 2.45) is 0 Å². The van der Waals surface area contributed by atoms with Crippen LogP contribution < -0.4 is 10.6 Å². The van der Waals surface area contributed by atoms with Crippen LogP contribution in [0.15, 0.2) is 18.2 Å². The number of amides is 2. The summed E-state index contributed by atoms with van der Waals surface area (Å²) in [6.45, 7) is 3.61. The number of benzene rings is 1. The molecule has 0 spiro atoms. The molecule has 0 fully saturated rings. The standard InChI is InChI=1S/C14H19FN2O4/c1-2-7-21-8-3-6-16-14(20)17-12-9-10(13(18)19)4-5-11(12)15/h4-5,9H,2-3,6-8H2,1H3,(H,18,19)(H2,16,17,20). The number of ether oxygens (including phenoxy) is 1. The van der Waals surface area contributed by atoms with Crippen molar-refractivity contribution < 1.29 is 23.8 Å². The second-order valence-corrected chi connectivity index (χ2v) is 4.35. The molecular weight excluding hydrogens is 279 g/mol. The van der Waals surface area contributed by atoms with Crippen LogP contribution in [-0.4, -0.2) is 36.9 Å². The molecule has 0 aliphatic rings. The monoisotopic (exact) mass is 298 g/mol. The van der Waals surface area contributed by atoms with E-state index in [9.17, 15) is 14.0 Å². The lowest BCUT2D eigenvalue weighted by Crippen LogP contribution is -2.30. The number of aromatic carboxylic acids is 1. The smallest absolute Gasteiger partial charge is 0.335 e. The summed E-state index contributed by atoms with van der Waals surface area (Å²) in [5, 5.41) is 13.6. The largest absolute Gasteiger partial charge is 0.478 e. The molecule has 1 aromatic carbocycles. The van der Waals surface area contributed by atoms with Crippen LogP contribution in [0.2, 0.25) is 0 Å². The van der Waals surface area contributed by atoms with Crippen molar-refractivity contribution in [2.45, 2.75) is 19.8 Å². The number of halogens is 1. The van der Waals surface area contributed by atoms with Gasteiger partial charge in [-0.15, -0.1) is 0 Å². The first-order valence-electron chi connectivity index (χ1n) is 6.70. The predicted molar refractivity (Wildman–Crippen MR) is 76.1 cm³/mol. The molecule has 21 heavy (non-hydrogen) atoms. The van der Waals surface area contributed by atoms with Gasteiger partial charge in [-0.05, 0) is 31.0 Å². The van der Waals surface area contributed by atoms with Crippen molar-refractivity contribution in [3.05, 3.63) is 29.6 Å². The minimum atomic E-state index is -1.19. The van der Waals surface area contributed by atoms with E-state index in [2.05, 4.69) is 10.6 Å². The van der Waals surface area contributed by atoms with E-state index in [-0.39, 0.29) is 11.3 Å². The molecule has 1 rings (SSSR count). The van der Waals surface area contributed by atoms with E-state index >= 15 is 0 Å². The average Bonchev–Trinajstić information content (AvgIpc) is 2.44. The fourth-order valence-electron chi connectivity index (χ4n) is 1.54. The molecule has 0 aliphatic heterocycles. The summed E-state index contributed by atoms with van der Waals surface area (Å²) in [5.41, 5.74) is -0.269. The van der Waals surface area contributed by atoms with Gasteiger partial charge in [0.2, 0.25) is 0 Å². The van der Waals surface area contributed by atoms with Gasteiger partial charge in [0.15, 0.2) is 0 Å². The molecule has 6 nitrogen and oxygen atoms in total. The maximum Gasteiger partial charge on any atom is 0.335 e. The minimum Gasteiger partial charge on any atom is -0.478 e. The van der Waals surface area contributed by atoms with Crippen LogP contribution in [0.3, 0.4) is 0 Å². The molecule has 0 radical (unpaired) electrons. The quantitative estimate of drug-likeness (QED) is 0.643. The van der Waals surface area contributed by atoms with Crippen molar-refractivity contribution in [3.63, 3.8) is 0 Å². The highest BCUT2D eigenvalue weighted by Gasteiger charge is 2.10. The zero-order valence-corrected chi connectivity index (χ0v) is 11.8. The molecule has 0 unspecified atom stereocenters. The number of carbonyl (C=O) groups excluding carboxylic acids is 1. The Labute approximate surface area is 122 Å². The molecular formula is C14H19FN2O4. The molecule has 0 bridgehead atoms. The van der Waals surface area contributed by atoms with Gasteiger partial charge in [0.1, 0.15) is 5.82 Å². The maximum absolute atomic E-state index is 13.5. The highest BCUT2D eigenvalue weighted by atomic mass is 19.1. The fourth-order valence-corrected chi connectivity index (χ4v) is 1.54. The van der Waals surface area contributed by atoms with Crippen LogP contribution in [0.5, 0.6) is 0 Å². The number of carboxylic acids is 1. The Morgan fingerprint density at radius 3 is 2.76 bits per heavy atom. The van der Waals surface area contributed by atoms with E-state index < -0.39 is 17.8 Å². The number of rotatable bonds is 8. The van der Waals surface area contributed by atoms with Crippen molar-refractivity contribution in [3.8, 4) is 0 Å². The third-order valence-corrected chi connectivity index (χ3v) is 2.56. The van der Waals surface area contributed by atoms with Crippen LogP contribution >= 0.6 is 0 Å². The predicted octanol–water partition coefficient (Wildman–Crippen LogP) is 2.46. The fraction of sp³-hybridized carbons (Fsp3) is 0.429. The lowest BCUT2D eigenvalue weighted by molar-refractivity contribution is 0.0697. The first kappa shape index (κ1) is 16.9. The Morgan fingerprint density at radius 2 is 2.10 bits per heavy atom. The summed E-state index contributed by atoms with van der Waals surface area (Å²) in [6, 6.07) is 2.61. The molecule has 116 valence electrons. The number of urea groups is 1. The molecule has 0 saturated carbocycles. The topological polar surface area (TPSA) is 87.7 Å². The first-order valence-corrected chi connectivity index (χ1v) is 6.70. The Hall–Kier alpha value is -2.15. The van der Waals surface area contributed by atoms with E-state index in [1.54, 1.807) is 0 Å². The second-order valence-electron chi connectivity index (χ2n) is 4.35. The Kier molecular flexibility index (Phi) is 7.17. The summed E-state index contributed by atoms with van der Waals surface area (Å²) in [7, 11) is 0. The van der Waals surface area contributed by atoms with Gasteiger partial charge in [-0.2, -0.15) is 0 Å². The van der Waals surface area contributed by atoms with Gasteiger partial charge in [0.25, 0.3) is 0 Å². The van der Waals surface area contributed by atoms with Crippen molar-refractivity contribution in [2.75, 3.05) is 25.1 Å². The second kappa shape index (κ2) is 8.91. The summed E-state index contributed by atoms with van der Waals surface area (Å²) >= 11 is 0. The lowest BCUT2D eigenvalue weighted by Gasteiger charge is -2.09. The van der Waals surface area contributed by atoms with Crippen LogP contribution in [0.4, 0.5) is 14.9 Å². The van der Waals surface area contributed by atoms with E-state index in [4.69, 9.17) is 9.84 Å². The van der Waals surface area contributed by atoms with Gasteiger partial charge in [0, 0.05) is 19.8 Å². The van der Waals surface area contributed by atoms with Crippen molar-refractivity contribution >= 4 is 17.7 Å². The number of carboxylic acid groups (broad SMARTS) is 1. The molecule has 3 N–H and O–H groups in total. The van der Waals surface area contributed by atoms with Gasteiger partial charge >= 0.3 is 12.0 Å². The summed E-state index contributed by atoms with van der Waals surface area (Å²) in [5.74, 6) is -1.88. The van der Waals surface area contributed by atoms with Crippen LogP contribution in [-0.2, 0) is 4.74 Å². The number of nitrogens with one attached hydrogen (secondary N) is 2. The van der Waals surface area contributed by atoms with Gasteiger partial charge in [-0.3, -0.25) is 0 Å². The Balaban J connectivity index is 2.40. The third-order valence-electron chi connectivity index (χ3n) is 2.56. The molecule has 0 heterocycles. The molecule has 1 aromatic rings. The van der Waals surface area contributed by atoms with Gasteiger partial charge in [-0.1, -0.05) is 6.92 Å². The Bertz CT molecular complexity index is 494. The summed E-state index contributed by atoms with van der Waals surface area (Å²) in [6.07, 6.45) is 1.58. The van der Waals surface area contributed by atoms with E-state index in [1.807, 2.05) is 6.92 Å². The van der Waals surface area contributed by atoms with E-state index in [0.29, 0.717) is 26.2 Å².